The van der Waals surface area contributed by atoms with Crippen molar-refractivity contribution in [1.82, 2.24) is 10.3 Å². The second-order valence-electron chi connectivity index (χ2n) is 7.22. The molecule has 1 N–H and O–H groups in total. The highest BCUT2D eigenvalue weighted by Gasteiger charge is 2.14. The van der Waals surface area contributed by atoms with Crippen LogP contribution in [0.15, 0.2) is 46.0 Å². The van der Waals surface area contributed by atoms with Crippen LogP contribution >= 0.6 is 15.9 Å². The van der Waals surface area contributed by atoms with Gasteiger partial charge in [0, 0.05) is 13.1 Å². The molecular formula is C23H28BrN3O4. The van der Waals surface area contributed by atoms with Gasteiger partial charge in [0.15, 0.2) is 11.5 Å². The van der Waals surface area contributed by atoms with E-state index >= 15 is 0 Å². The summed E-state index contributed by atoms with van der Waals surface area (Å²) < 4.78 is 17.8. The number of aryl methyl sites for hydroxylation is 1. The third kappa shape index (κ3) is 7.34. The van der Waals surface area contributed by atoms with Crippen LogP contribution in [-0.2, 0) is 16.1 Å². The largest absolute Gasteiger partial charge is 0.490 e. The van der Waals surface area contributed by atoms with E-state index < -0.39 is 0 Å². The third-order valence-corrected chi connectivity index (χ3v) is 5.30. The van der Waals surface area contributed by atoms with Crippen LogP contribution in [-0.4, -0.2) is 56.5 Å². The molecule has 166 valence electrons. The lowest BCUT2D eigenvalue weighted by Crippen LogP contribution is -2.42. The number of halogens is 1. The zero-order valence-corrected chi connectivity index (χ0v) is 19.5. The smallest absolute Gasteiger partial charge is 0.254 e. The Morgan fingerprint density at radius 3 is 2.68 bits per heavy atom. The zero-order chi connectivity index (χ0) is 22.1. The van der Waals surface area contributed by atoms with Crippen molar-refractivity contribution in [1.29, 1.82) is 0 Å². The fourth-order valence-electron chi connectivity index (χ4n) is 3.08. The minimum Gasteiger partial charge on any atom is -0.490 e. The van der Waals surface area contributed by atoms with E-state index in [2.05, 4.69) is 45.5 Å². The van der Waals surface area contributed by atoms with E-state index in [0.717, 1.165) is 28.7 Å². The predicted octanol–water partition coefficient (Wildman–Crippen LogP) is 3.52. The summed E-state index contributed by atoms with van der Waals surface area (Å²) in [6, 6.07) is 11.9. The SMILES string of the molecule is CCOc1cc(/C=N/NC(=O)CN2CCOCC2)cc(Br)c1OCc1ccc(C)cc1. The highest BCUT2D eigenvalue weighted by atomic mass is 79.9. The lowest BCUT2D eigenvalue weighted by Gasteiger charge is -2.25. The number of morpholine rings is 1. The van der Waals surface area contributed by atoms with Crippen LogP contribution in [0.25, 0.3) is 0 Å². The average molecular weight is 490 g/mol. The summed E-state index contributed by atoms with van der Waals surface area (Å²) in [7, 11) is 0. The minimum absolute atomic E-state index is 0.153. The van der Waals surface area contributed by atoms with Crippen molar-refractivity contribution >= 4 is 28.1 Å². The minimum atomic E-state index is -0.153. The van der Waals surface area contributed by atoms with Gasteiger partial charge in [0.25, 0.3) is 5.91 Å². The first-order valence-electron chi connectivity index (χ1n) is 10.3. The molecule has 1 heterocycles. The first kappa shape index (κ1) is 23.2. The maximum absolute atomic E-state index is 12.1. The predicted molar refractivity (Wildman–Crippen MR) is 124 cm³/mol. The van der Waals surface area contributed by atoms with Crippen LogP contribution in [0.5, 0.6) is 11.5 Å². The molecule has 31 heavy (non-hydrogen) atoms. The fraction of sp³-hybridized carbons (Fsp3) is 0.391. The number of rotatable bonds is 9. The Morgan fingerprint density at radius 1 is 1.23 bits per heavy atom. The molecule has 0 unspecified atom stereocenters. The van der Waals surface area contributed by atoms with E-state index in [1.807, 2.05) is 36.1 Å². The fourth-order valence-corrected chi connectivity index (χ4v) is 3.66. The normalized spacial score (nSPS) is 14.5. The van der Waals surface area contributed by atoms with E-state index in [4.69, 9.17) is 14.2 Å². The molecular weight excluding hydrogens is 462 g/mol. The molecule has 3 rings (SSSR count). The lowest BCUT2D eigenvalue weighted by molar-refractivity contribution is -0.123. The Bertz CT molecular complexity index is 896. The van der Waals surface area contributed by atoms with E-state index in [-0.39, 0.29) is 5.91 Å². The quantitative estimate of drug-likeness (QED) is 0.430. The first-order valence-corrected chi connectivity index (χ1v) is 11.1. The van der Waals surface area contributed by atoms with Crippen molar-refractivity contribution < 1.29 is 19.0 Å². The monoisotopic (exact) mass is 489 g/mol. The van der Waals surface area contributed by atoms with E-state index in [1.165, 1.54) is 5.56 Å². The molecule has 1 aliphatic heterocycles. The highest BCUT2D eigenvalue weighted by Crippen LogP contribution is 2.37. The summed E-state index contributed by atoms with van der Waals surface area (Å²) in [6.07, 6.45) is 1.59. The van der Waals surface area contributed by atoms with Gasteiger partial charge in [-0.1, -0.05) is 29.8 Å². The standard InChI is InChI=1S/C23H28BrN3O4/c1-3-30-21-13-19(14-25-26-22(28)15-27-8-10-29-11-9-27)12-20(24)23(21)31-16-18-6-4-17(2)5-7-18/h4-7,12-14H,3,8-11,15-16H2,1-2H3,(H,26,28)/b25-14+. The number of carbonyl (C=O) groups is 1. The lowest BCUT2D eigenvalue weighted by atomic mass is 10.2. The molecule has 1 amide bonds. The van der Waals surface area contributed by atoms with E-state index in [9.17, 15) is 4.79 Å². The maximum Gasteiger partial charge on any atom is 0.254 e. The molecule has 1 saturated heterocycles. The molecule has 2 aromatic rings. The molecule has 0 atom stereocenters. The van der Waals surface area contributed by atoms with E-state index in [0.29, 0.717) is 44.5 Å². The molecule has 1 fully saturated rings. The van der Waals surface area contributed by atoms with Gasteiger partial charge in [-0.15, -0.1) is 0 Å². The van der Waals surface area contributed by atoms with Crippen LogP contribution < -0.4 is 14.9 Å². The number of amides is 1. The summed E-state index contributed by atoms with van der Waals surface area (Å²) in [5.74, 6) is 1.10. The number of carbonyl (C=O) groups excluding carboxylic acids is 1. The topological polar surface area (TPSA) is 72.4 Å². The van der Waals surface area contributed by atoms with Crippen LogP contribution in [0, 0.1) is 6.92 Å². The summed E-state index contributed by atoms with van der Waals surface area (Å²) in [5, 5.41) is 4.08. The molecule has 0 radical (unpaired) electrons. The maximum atomic E-state index is 12.1. The third-order valence-electron chi connectivity index (χ3n) is 4.71. The van der Waals surface area contributed by atoms with Crippen molar-refractivity contribution in [3.8, 4) is 11.5 Å². The second kappa shape index (κ2) is 11.8. The van der Waals surface area contributed by atoms with Crippen molar-refractivity contribution in [3.63, 3.8) is 0 Å². The Morgan fingerprint density at radius 2 is 1.97 bits per heavy atom. The van der Waals surface area contributed by atoms with Crippen LogP contribution in [0.3, 0.4) is 0 Å². The Balaban J connectivity index is 1.62. The van der Waals surface area contributed by atoms with Gasteiger partial charge in [0.2, 0.25) is 0 Å². The molecule has 0 aromatic heterocycles. The molecule has 1 aliphatic rings. The van der Waals surface area contributed by atoms with Crippen molar-refractivity contribution in [2.45, 2.75) is 20.5 Å². The van der Waals surface area contributed by atoms with Crippen molar-refractivity contribution in [2.75, 3.05) is 39.5 Å². The Kier molecular flexibility index (Phi) is 8.87. The van der Waals surface area contributed by atoms with Gasteiger partial charge >= 0.3 is 0 Å². The molecule has 0 spiro atoms. The molecule has 2 aromatic carbocycles. The molecule has 8 heteroatoms. The molecule has 0 saturated carbocycles. The first-order chi connectivity index (χ1) is 15.0. The van der Waals surface area contributed by atoms with Crippen LogP contribution in [0.4, 0.5) is 0 Å². The van der Waals surface area contributed by atoms with Gasteiger partial charge in [0.05, 0.1) is 37.1 Å². The van der Waals surface area contributed by atoms with Gasteiger partial charge in [-0.05, 0) is 53.0 Å². The van der Waals surface area contributed by atoms with Crippen molar-refractivity contribution in [2.24, 2.45) is 5.10 Å². The summed E-state index contributed by atoms with van der Waals surface area (Å²) in [4.78, 5) is 14.1. The van der Waals surface area contributed by atoms with Crippen LogP contribution in [0.1, 0.15) is 23.6 Å². The molecule has 0 bridgehead atoms. The highest BCUT2D eigenvalue weighted by molar-refractivity contribution is 9.10. The second-order valence-corrected chi connectivity index (χ2v) is 8.07. The van der Waals surface area contributed by atoms with Gasteiger partial charge in [-0.3, -0.25) is 9.69 Å². The summed E-state index contributed by atoms with van der Waals surface area (Å²) in [5.41, 5.74) is 5.64. The van der Waals surface area contributed by atoms with Crippen LogP contribution in [0.2, 0.25) is 0 Å². The number of nitrogens with one attached hydrogen (secondary N) is 1. The zero-order valence-electron chi connectivity index (χ0n) is 17.9. The van der Waals surface area contributed by atoms with Gasteiger partial charge in [0.1, 0.15) is 6.61 Å². The number of ether oxygens (including phenoxy) is 3. The average Bonchev–Trinajstić information content (AvgIpc) is 2.75. The van der Waals surface area contributed by atoms with Gasteiger partial charge < -0.3 is 14.2 Å². The molecule has 0 aliphatic carbocycles. The Labute approximate surface area is 191 Å². The number of hydrogen-bond acceptors (Lipinski definition) is 6. The number of hydrazone groups is 1. The molecule has 7 nitrogen and oxygen atoms in total. The van der Waals surface area contributed by atoms with Gasteiger partial charge in [-0.25, -0.2) is 5.43 Å². The van der Waals surface area contributed by atoms with E-state index in [1.54, 1.807) is 6.21 Å². The number of benzene rings is 2. The summed E-state index contributed by atoms with van der Waals surface area (Å²) >= 11 is 3.57. The van der Waals surface area contributed by atoms with Gasteiger partial charge in [-0.2, -0.15) is 5.10 Å². The van der Waals surface area contributed by atoms with Crippen molar-refractivity contribution in [3.05, 3.63) is 57.6 Å². The summed E-state index contributed by atoms with van der Waals surface area (Å²) in [6.45, 7) is 8.04. The Hall–Kier alpha value is -2.42. The number of nitrogens with zero attached hydrogens (tertiary/aromatic N) is 2. The number of hydrogen-bond donors (Lipinski definition) is 1.